The van der Waals surface area contributed by atoms with E-state index >= 15 is 0 Å². The van der Waals surface area contributed by atoms with Crippen LogP contribution in [0.1, 0.15) is 30.8 Å². The van der Waals surface area contributed by atoms with Gasteiger partial charge in [0, 0.05) is 11.9 Å². The van der Waals surface area contributed by atoms with Crippen molar-refractivity contribution in [2.45, 2.75) is 20.3 Å². The molecule has 0 unspecified atom stereocenters. The minimum absolute atomic E-state index is 0.0435. The van der Waals surface area contributed by atoms with Crippen LogP contribution in [0, 0.1) is 5.92 Å². The standard InChI is InChI=1S/C15H20N4O2/c1-10(2)7-8-16-13(20)9-17-15(21)14-11-5-3-4-6-12(11)18-19-14/h3-6,10H,7-9H2,1-2H3,(H,16,20)(H,17,21)(H,18,19). The molecule has 0 aliphatic carbocycles. The van der Waals surface area contributed by atoms with Crippen LogP contribution < -0.4 is 10.6 Å². The first-order valence-electron chi connectivity index (χ1n) is 7.06. The van der Waals surface area contributed by atoms with Gasteiger partial charge in [-0.3, -0.25) is 14.7 Å². The molecule has 112 valence electrons. The molecule has 6 heteroatoms. The average molecular weight is 288 g/mol. The first-order valence-corrected chi connectivity index (χ1v) is 7.06. The van der Waals surface area contributed by atoms with Crippen molar-refractivity contribution in [3.63, 3.8) is 0 Å². The van der Waals surface area contributed by atoms with Gasteiger partial charge in [0.25, 0.3) is 5.91 Å². The lowest BCUT2D eigenvalue weighted by Gasteiger charge is -2.07. The summed E-state index contributed by atoms with van der Waals surface area (Å²) in [5, 5.41) is 12.9. The number of hydrogen-bond acceptors (Lipinski definition) is 3. The lowest BCUT2D eigenvalue weighted by Crippen LogP contribution is -2.37. The van der Waals surface area contributed by atoms with Crippen molar-refractivity contribution >= 4 is 22.7 Å². The molecule has 21 heavy (non-hydrogen) atoms. The van der Waals surface area contributed by atoms with Crippen LogP contribution in [-0.4, -0.2) is 35.1 Å². The Morgan fingerprint density at radius 3 is 2.76 bits per heavy atom. The fourth-order valence-electron chi connectivity index (χ4n) is 1.94. The van der Waals surface area contributed by atoms with Crippen molar-refractivity contribution in [1.29, 1.82) is 0 Å². The minimum atomic E-state index is -0.355. The third-order valence-electron chi connectivity index (χ3n) is 3.14. The van der Waals surface area contributed by atoms with Gasteiger partial charge in [0.15, 0.2) is 5.69 Å². The second kappa shape index (κ2) is 6.88. The monoisotopic (exact) mass is 288 g/mol. The highest BCUT2D eigenvalue weighted by Gasteiger charge is 2.14. The molecular formula is C15H20N4O2. The van der Waals surface area contributed by atoms with E-state index in [1.165, 1.54) is 0 Å². The number of H-pyrrole nitrogens is 1. The van der Waals surface area contributed by atoms with Crippen LogP contribution in [0.4, 0.5) is 0 Å². The molecule has 1 heterocycles. The summed E-state index contributed by atoms with van der Waals surface area (Å²) in [5.41, 5.74) is 1.10. The molecule has 0 aliphatic rings. The van der Waals surface area contributed by atoms with E-state index < -0.39 is 0 Å². The van der Waals surface area contributed by atoms with Crippen molar-refractivity contribution in [3.05, 3.63) is 30.0 Å². The van der Waals surface area contributed by atoms with E-state index in [4.69, 9.17) is 0 Å². The second-order valence-corrected chi connectivity index (χ2v) is 5.33. The number of rotatable bonds is 6. The molecule has 2 rings (SSSR count). The predicted octanol–water partition coefficient (Wildman–Crippen LogP) is 1.45. The smallest absolute Gasteiger partial charge is 0.272 e. The fourth-order valence-corrected chi connectivity index (χ4v) is 1.94. The molecule has 2 amide bonds. The van der Waals surface area contributed by atoms with Crippen LogP contribution in [0.15, 0.2) is 24.3 Å². The zero-order valence-electron chi connectivity index (χ0n) is 12.3. The summed E-state index contributed by atoms with van der Waals surface area (Å²) >= 11 is 0. The van der Waals surface area contributed by atoms with Gasteiger partial charge >= 0.3 is 0 Å². The quantitative estimate of drug-likeness (QED) is 0.752. The highest BCUT2D eigenvalue weighted by Crippen LogP contribution is 2.14. The number of aromatic nitrogens is 2. The van der Waals surface area contributed by atoms with Crippen LogP contribution in [0.3, 0.4) is 0 Å². The molecule has 0 spiro atoms. The van der Waals surface area contributed by atoms with Gasteiger partial charge in [-0.1, -0.05) is 32.0 Å². The topological polar surface area (TPSA) is 86.9 Å². The van der Waals surface area contributed by atoms with Crippen LogP contribution in [0.25, 0.3) is 10.9 Å². The minimum Gasteiger partial charge on any atom is -0.355 e. The lowest BCUT2D eigenvalue weighted by molar-refractivity contribution is -0.120. The fraction of sp³-hybridized carbons (Fsp3) is 0.400. The molecule has 0 aliphatic heterocycles. The summed E-state index contributed by atoms with van der Waals surface area (Å²) in [7, 11) is 0. The van der Waals surface area contributed by atoms with Gasteiger partial charge in [0.2, 0.25) is 5.91 Å². The first kappa shape index (κ1) is 15.0. The van der Waals surface area contributed by atoms with E-state index in [9.17, 15) is 9.59 Å². The molecule has 0 fully saturated rings. The normalized spacial score (nSPS) is 10.8. The largest absolute Gasteiger partial charge is 0.355 e. The number of carbonyl (C=O) groups excluding carboxylic acids is 2. The third kappa shape index (κ3) is 4.05. The first-order chi connectivity index (χ1) is 10.1. The van der Waals surface area contributed by atoms with Gasteiger partial charge in [0.05, 0.1) is 12.1 Å². The Morgan fingerprint density at radius 2 is 2.00 bits per heavy atom. The van der Waals surface area contributed by atoms with Crippen LogP contribution in [-0.2, 0) is 4.79 Å². The van der Waals surface area contributed by atoms with E-state index in [0.717, 1.165) is 17.3 Å². The Kier molecular flexibility index (Phi) is 4.92. The van der Waals surface area contributed by atoms with Crippen molar-refractivity contribution in [1.82, 2.24) is 20.8 Å². The molecule has 0 radical (unpaired) electrons. The molecule has 0 bridgehead atoms. The van der Waals surface area contributed by atoms with Gasteiger partial charge in [-0.25, -0.2) is 0 Å². The Morgan fingerprint density at radius 1 is 1.24 bits per heavy atom. The molecule has 0 saturated carbocycles. The summed E-state index contributed by atoms with van der Waals surface area (Å²) in [6.07, 6.45) is 0.920. The number of fused-ring (bicyclic) bond motifs is 1. The summed E-state index contributed by atoms with van der Waals surface area (Å²) in [5.74, 6) is -0.00869. The van der Waals surface area contributed by atoms with Crippen molar-refractivity contribution in [2.75, 3.05) is 13.1 Å². The van der Waals surface area contributed by atoms with E-state index in [0.29, 0.717) is 18.2 Å². The number of amides is 2. The molecule has 3 N–H and O–H groups in total. The maximum atomic E-state index is 12.0. The molecular weight excluding hydrogens is 268 g/mol. The maximum Gasteiger partial charge on any atom is 0.272 e. The van der Waals surface area contributed by atoms with Crippen molar-refractivity contribution in [2.24, 2.45) is 5.92 Å². The number of benzene rings is 1. The van der Waals surface area contributed by atoms with Crippen LogP contribution in [0.5, 0.6) is 0 Å². The summed E-state index contributed by atoms with van der Waals surface area (Å²) in [4.78, 5) is 23.6. The number of carbonyl (C=O) groups is 2. The zero-order valence-corrected chi connectivity index (χ0v) is 12.3. The SMILES string of the molecule is CC(C)CCNC(=O)CNC(=O)c1n[nH]c2ccccc12. The molecule has 2 aromatic rings. The van der Waals surface area contributed by atoms with Gasteiger partial charge in [-0.15, -0.1) is 0 Å². The zero-order chi connectivity index (χ0) is 15.2. The Balaban J connectivity index is 1.86. The summed E-state index contributed by atoms with van der Waals surface area (Å²) in [6.45, 7) is 4.77. The van der Waals surface area contributed by atoms with E-state index in [2.05, 4.69) is 34.7 Å². The van der Waals surface area contributed by atoms with Crippen molar-refractivity contribution in [3.8, 4) is 0 Å². The highest BCUT2D eigenvalue weighted by atomic mass is 16.2. The third-order valence-corrected chi connectivity index (χ3v) is 3.14. The molecule has 6 nitrogen and oxygen atoms in total. The van der Waals surface area contributed by atoms with Gasteiger partial charge in [-0.2, -0.15) is 5.10 Å². The molecule has 1 aromatic carbocycles. The van der Waals surface area contributed by atoms with E-state index in [-0.39, 0.29) is 18.4 Å². The Labute approximate surface area is 123 Å². The van der Waals surface area contributed by atoms with Crippen molar-refractivity contribution < 1.29 is 9.59 Å². The number of para-hydroxylation sites is 1. The molecule has 0 saturated heterocycles. The molecule has 0 atom stereocenters. The predicted molar refractivity (Wildman–Crippen MR) is 80.9 cm³/mol. The average Bonchev–Trinajstić information content (AvgIpc) is 2.88. The Bertz CT molecular complexity index is 633. The van der Waals surface area contributed by atoms with Gasteiger partial charge < -0.3 is 10.6 Å². The summed E-state index contributed by atoms with van der Waals surface area (Å²) < 4.78 is 0. The number of hydrogen-bond donors (Lipinski definition) is 3. The van der Waals surface area contributed by atoms with E-state index in [1.807, 2.05) is 24.3 Å². The second-order valence-electron chi connectivity index (χ2n) is 5.33. The maximum absolute atomic E-state index is 12.0. The van der Waals surface area contributed by atoms with E-state index in [1.54, 1.807) is 0 Å². The van der Waals surface area contributed by atoms with Gasteiger partial charge in [0.1, 0.15) is 0 Å². The molecule has 1 aromatic heterocycles. The number of aromatic amines is 1. The number of nitrogens with one attached hydrogen (secondary N) is 3. The summed E-state index contributed by atoms with van der Waals surface area (Å²) in [6, 6.07) is 7.37. The lowest BCUT2D eigenvalue weighted by atomic mass is 10.1. The number of nitrogens with zero attached hydrogens (tertiary/aromatic N) is 1. The van der Waals surface area contributed by atoms with Crippen LogP contribution >= 0.6 is 0 Å². The van der Waals surface area contributed by atoms with Crippen LogP contribution in [0.2, 0.25) is 0 Å². The van der Waals surface area contributed by atoms with Gasteiger partial charge in [-0.05, 0) is 18.4 Å². The highest BCUT2D eigenvalue weighted by molar-refractivity contribution is 6.05. The Hall–Kier alpha value is -2.37.